The van der Waals surface area contributed by atoms with Gasteiger partial charge in [-0.1, -0.05) is 36.4 Å². The molecule has 0 aliphatic rings. The molecule has 2 rings (SSSR count). The summed E-state index contributed by atoms with van der Waals surface area (Å²) in [7, 11) is 0. The molecule has 3 heteroatoms. The minimum atomic E-state index is -0.951. The fraction of sp³-hybridized carbons (Fsp3) is 0.235. The van der Waals surface area contributed by atoms with Gasteiger partial charge in [0.1, 0.15) is 5.75 Å². The first kappa shape index (κ1) is 14.1. The molecule has 104 valence electrons. The highest BCUT2D eigenvalue weighted by Gasteiger charge is 2.20. The Morgan fingerprint density at radius 2 is 1.70 bits per heavy atom. The van der Waals surface area contributed by atoms with Gasteiger partial charge in [0.25, 0.3) is 0 Å². The van der Waals surface area contributed by atoms with Crippen molar-refractivity contribution in [2.24, 2.45) is 0 Å². The Morgan fingerprint density at radius 1 is 1.10 bits per heavy atom. The fourth-order valence-corrected chi connectivity index (χ4v) is 2.17. The molecule has 3 nitrogen and oxygen atoms in total. The average molecular weight is 270 g/mol. The fourth-order valence-electron chi connectivity index (χ4n) is 2.17. The number of aryl methyl sites for hydroxylation is 2. The highest BCUT2D eigenvalue weighted by atomic mass is 16.5. The number of carbonyl (C=O) groups is 1. The summed E-state index contributed by atoms with van der Waals surface area (Å²) < 4.78 is 5.64. The lowest BCUT2D eigenvalue weighted by Gasteiger charge is -2.16. The zero-order valence-electron chi connectivity index (χ0n) is 11.7. The van der Waals surface area contributed by atoms with E-state index in [9.17, 15) is 9.90 Å². The van der Waals surface area contributed by atoms with Crippen LogP contribution in [0.15, 0.2) is 48.5 Å². The molecular weight excluding hydrogens is 252 g/mol. The van der Waals surface area contributed by atoms with Gasteiger partial charge >= 0.3 is 5.97 Å². The summed E-state index contributed by atoms with van der Waals surface area (Å²) in [4.78, 5) is 11.4. The summed E-state index contributed by atoms with van der Waals surface area (Å²) in [6.45, 7) is 3.93. The first-order valence-electron chi connectivity index (χ1n) is 6.56. The van der Waals surface area contributed by atoms with Crippen LogP contribution >= 0.6 is 0 Å². The third-order valence-electron chi connectivity index (χ3n) is 3.01. The van der Waals surface area contributed by atoms with Crippen molar-refractivity contribution in [3.05, 3.63) is 65.2 Å². The first-order valence-corrected chi connectivity index (χ1v) is 6.56. The molecule has 2 aromatic carbocycles. The van der Waals surface area contributed by atoms with Crippen LogP contribution in [0.25, 0.3) is 0 Å². The lowest BCUT2D eigenvalue weighted by molar-refractivity contribution is -0.145. The monoisotopic (exact) mass is 270 g/mol. The second-order valence-electron chi connectivity index (χ2n) is 4.96. The molecule has 0 saturated carbocycles. The first-order chi connectivity index (χ1) is 9.54. The molecule has 0 amide bonds. The van der Waals surface area contributed by atoms with E-state index < -0.39 is 12.1 Å². The van der Waals surface area contributed by atoms with Crippen molar-refractivity contribution in [2.45, 2.75) is 26.4 Å². The summed E-state index contributed by atoms with van der Waals surface area (Å²) in [6, 6.07) is 15.2. The highest BCUT2D eigenvalue weighted by molar-refractivity contribution is 5.73. The SMILES string of the molecule is Cc1cc(C)cc(O[C@H](Cc2ccccc2)C(=O)O)c1. The standard InChI is InChI=1S/C17H18O3/c1-12-8-13(2)10-15(9-12)20-16(17(18)19)11-14-6-4-3-5-7-14/h3-10,16H,11H2,1-2H3,(H,18,19)/t16-/m1/s1. The number of benzene rings is 2. The van der Waals surface area contributed by atoms with E-state index in [1.807, 2.05) is 62.4 Å². The number of ether oxygens (including phenoxy) is 1. The molecule has 0 saturated heterocycles. The molecule has 0 radical (unpaired) electrons. The van der Waals surface area contributed by atoms with Crippen LogP contribution in [0, 0.1) is 13.8 Å². The Balaban J connectivity index is 2.15. The van der Waals surface area contributed by atoms with Gasteiger partial charge in [-0.2, -0.15) is 0 Å². The van der Waals surface area contributed by atoms with Gasteiger partial charge in [0, 0.05) is 6.42 Å². The Labute approximate surface area is 118 Å². The second-order valence-corrected chi connectivity index (χ2v) is 4.96. The zero-order chi connectivity index (χ0) is 14.5. The van der Waals surface area contributed by atoms with Crippen LogP contribution in [-0.2, 0) is 11.2 Å². The van der Waals surface area contributed by atoms with E-state index in [1.54, 1.807) is 0 Å². The molecule has 20 heavy (non-hydrogen) atoms. The van der Waals surface area contributed by atoms with Crippen molar-refractivity contribution in [2.75, 3.05) is 0 Å². The molecule has 1 N–H and O–H groups in total. The number of aliphatic carboxylic acids is 1. The van der Waals surface area contributed by atoms with E-state index in [-0.39, 0.29) is 0 Å². The maximum atomic E-state index is 11.4. The molecule has 0 aromatic heterocycles. The lowest BCUT2D eigenvalue weighted by Crippen LogP contribution is -2.29. The van der Waals surface area contributed by atoms with Crippen LogP contribution in [-0.4, -0.2) is 17.2 Å². The van der Waals surface area contributed by atoms with E-state index in [0.717, 1.165) is 16.7 Å². The van der Waals surface area contributed by atoms with Crippen LogP contribution in [0.3, 0.4) is 0 Å². The summed E-state index contributed by atoms with van der Waals surface area (Å²) in [5, 5.41) is 9.31. The average Bonchev–Trinajstić information content (AvgIpc) is 2.38. The zero-order valence-corrected chi connectivity index (χ0v) is 11.7. The number of carboxylic acids is 1. The maximum Gasteiger partial charge on any atom is 0.345 e. The molecule has 2 aromatic rings. The van der Waals surface area contributed by atoms with Gasteiger partial charge < -0.3 is 9.84 Å². The van der Waals surface area contributed by atoms with Crippen molar-refractivity contribution in [3.8, 4) is 5.75 Å². The van der Waals surface area contributed by atoms with E-state index in [2.05, 4.69) is 0 Å². The third-order valence-corrected chi connectivity index (χ3v) is 3.01. The van der Waals surface area contributed by atoms with Gasteiger partial charge in [0.15, 0.2) is 6.10 Å². The van der Waals surface area contributed by atoms with Crippen LogP contribution < -0.4 is 4.74 Å². The van der Waals surface area contributed by atoms with Gasteiger partial charge in [-0.05, 0) is 42.7 Å². The number of hydrogen-bond acceptors (Lipinski definition) is 2. The van der Waals surface area contributed by atoms with Crippen LogP contribution in [0.5, 0.6) is 5.75 Å². The Bertz CT molecular complexity index is 570. The van der Waals surface area contributed by atoms with Crippen molar-refractivity contribution >= 4 is 5.97 Å². The van der Waals surface area contributed by atoms with E-state index >= 15 is 0 Å². The molecule has 1 atom stereocenters. The predicted molar refractivity (Wildman–Crippen MR) is 78.1 cm³/mol. The topological polar surface area (TPSA) is 46.5 Å². The Morgan fingerprint density at radius 3 is 2.25 bits per heavy atom. The molecular formula is C17H18O3. The van der Waals surface area contributed by atoms with Gasteiger partial charge in [-0.3, -0.25) is 0 Å². The van der Waals surface area contributed by atoms with Crippen LogP contribution in [0.4, 0.5) is 0 Å². The summed E-state index contributed by atoms with van der Waals surface area (Å²) in [6.07, 6.45) is -0.526. The van der Waals surface area contributed by atoms with Crippen LogP contribution in [0.1, 0.15) is 16.7 Å². The Kier molecular flexibility index (Phi) is 4.41. The third kappa shape index (κ3) is 3.85. The van der Waals surface area contributed by atoms with Gasteiger partial charge in [-0.15, -0.1) is 0 Å². The molecule has 0 aliphatic heterocycles. The normalized spacial score (nSPS) is 11.9. The lowest BCUT2D eigenvalue weighted by atomic mass is 10.1. The van der Waals surface area contributed by atoms with E-state index in [4.69, 9.17) is 4.74 Å². The van der Waals surface area contributed by atoms with Crippen LogP contribution in [0.2, 0.25) is 0 Å². The quantitative estimate of drug-likeness (QED) is 0.906. The molecule has 0 fully saturated rings. The largest absolute Gasteiger partial charge is 0.478 e. The second kappa shape index (κ2) is 6.24. The summed E-state index contributed by atoms with van der Waals surface area (Å²) in [5.74, 6) is -0.348. The van der Waals surface area contributed by atoms with E-state index in [1.165, 1.54) is 0 Å². The molecule has 0 bridgehead atoms. The van der Waals surface area contributed by atoms with Crippen molar-refractivity contribution in [1.29, 1.82) is 0 Å². The van der Waals surface area contributed by atoms with Gasteiger partial charge in [-0.25, -0.2) is 4.79 Å². The summed E-state index contributed by atoms with van der Waals surface area (Å²) in [5.41, 5.74) is 3.07. The smallest absolute Gasteiger partial charge is 0.345 e. The van der Waals surface area contributed by atoms with Crippen molar-refractivity contribution in [1.82, 2.24) is 0 Å². The molecule has 0 spiro atoms. The summed E-state index contributed by atoms with van der Waals surface area (Å²) >= 11 is 0. The van der Waals surface area contributed by atoms with Gasteiger partial charge in [0.05, 0.1) is 0 Å². The molecule has 0 unspecified atom stereocenters. The van der Waals surface area contributed by atoms with Crippen molar-refractivity contribution < 1.29 is 14.6 Å². The van der Waals surface area contributed by atoms with Gasteiger partial charge in [0.2, 0.25) is 0 Å². The Hall–Kier alpha value is -2.29. The minimum Gasteiger partial charge on any atom is -0.478 e. The molecule has 0 aliphatic carbocycles. The minimum absolute atomic E-state index is 0.350. The highest BCUT2D eigenvalue weighted by Crippen LogP contribution is 2.19. The number of hydrogen-bond donors (Lipinski definition) is 1. The van der Waals surface area contributed by atoms with Crippen molar-refractivity contribution in [3.63, 3.8) is 0 Å². The number of carboxylic acid groups (broad SMARTS) is 1. The maximum absolute atomic E-state index is 11.4. The number of rotatable bonds is 5. The molecule has 0 heterocycles. The van der Waals surface area contributed by atoms with E-state index in [0.29, 0.717) is 12.2 Å². The predicted octanol–water partition coefficient (Wildman–Crippen LogP) is 3.38.